The molecule has 8 heteroatoms. The van der Waals surface area contributed by atoms with Crippen molar-refractivity contribution in [3.05, 3.63) is 36.5 Å². The van der Waals surface area contributed by atoms with E-state index in [1.807, 2.05) is 0 Å². The number of carbonyl (C=O) groups excluding carboxylic acids is 3. The number of carbonyl (C=O) groups is 3. The molecule has 0 saturated carbocycles. The zero-order chi connectivity index (χ0) is 22.4. The SMILES string of the molecule is C=C(C)C(=O)OCCCC(O)(CCCOC(=O)C(=C)C)CCCOC(=O)C(=C)C.[Zr]. The molecule has 30 heavy (non-hydrogen) atoms. The van der Waals surface area contributed by atoms with Crippen LogP contribution >= 0.6 is 0 Å². The fourth-order valence-electron chi connectivity index (χ4n) is 2.44. The van der Waals surface area contributed by atoms with Gasteiger partial charge in [0, 0.05) is 42.9 Å². The van der Waals surface area contributed by atoms with Crippen molar-refractivity contribution in [2.75, 3.05) is 19.8 Å². The minimum absolute atomic E-state index is 0. The average molecular weight is 502 g/mol. The molecule has 0 aliphatic carbocycles. The van der Waals surface area contributed by atoms with Crippen LogP contribution in [0.1, 0.15) is 59.3 Å². The summed E-state index contributed by atoms with van der Waals surface area (Å²) in [6.45, 7) is 15.8. The molecule has 168 valence electrons. The molecule has 0 aromatic heterocycles. The molecule has 1 N–H and O–H groups in total. The van der Waals surface area contributed by atoms with Crippen LogP contribution in [-0.2, 0) is 54.8 Å². The second kappa shape index (κ2) is 16.2. The second-order valence-corrected chi connectivity index (χ2v) is 7.28. The van der Waals surface area contributed by atoms with Gasteiger partial charge in [0.15, 0.2) is 0 Å². The predicted octanol–water partition coefficient (Wildman–Crippen LogP) is 3.41. The van der Waals surface area contributed by atoms with Crippen LogP contribution in [0.5, 0.6) is 0 Å². The van der Waals surface area contributed by atoms with E-state index >= 15 is 0 Å². The van der Waals surface area contributed by atoms with E-state index in [1.54, 1.807) is 20.8 Å². The van der Waals surface area contributed by atoms with Gasteiger partial charge in [-0.2, -0.15) is 0 Å². The maximum Gasteiger partial charge on any atom is 0.333 e. The van der Waals surface area contributed by atoms with Gasteiger partial charge in [-0.25, -0.2) is 14.4 Å². The van der Waals surface area contributed by atoms with Crippen LogP contribution in [0.15, 0.2) is 36.5 Å². The molecule has 0 bridgehead atoms. The van der Waals surface area contributed by atoms with Crippen molar-refractivity contribution in [3.63, 3.8) is 0 Å². The van der Waals surface area contributed by atoms with Crippen molar-refractivity contribution in [1.82, 2.24) is 0 Å². The van der Waals surface area contributed by atoms with E-state index in [-0.39, 0.29) is 46.0 Å². The normalized spacial score (nSPS) is 10.4. The first kappa shape index (κ1) is 30.7. The van der Waals surface area contributed by atoms with Crippen LogP contribution in [0.25, 0.3) is 0 Å². The van der Waals surface area contributed by atoms with Gasteiger partial charge >= 0.3 is 17.9 Å². The summed E-state index contributed by atoms with van der Waals surface area (Å²) in [5.74, 6) is -1.40. The minimum Gasteiger partial charge on any atom is -0.462 e. The first-order valence-corrected chi connectivity index (χ1v) is 9.69. The minimum atomic E-state index is -1.05. The number of ether oxygens (including phenoxy) is 3. The summed E-state index contributed by atoms with van der Waals surface area (Å²) >= 11 is 0. The summed E-state index contributed by atoms with van der Waals surface area (Å²) in [6, 6.07) is 0. The summed E-state index contributed by atoms with van der Waals surface area (Å²) in [6.07, 6.45) is 2.56. The van der Waals surface area contributed by atoms with Crippen LogP contribution in [0, 0.1) is 0 Å². The molecular weight excluding hydrogens is 467 g/mol. The Morgan fingerprint density at radius 3 is 1.10 bits per heavy atom. The van der Waals surface area contributed by atoms with Crippen molar-refractivity contribution in [3.8, 4) is 0 Å². The molecule has 0 aromatic rings. The van der Waals surface area contributed by atoms with Gasteiger partial charge in [-0.3, -0.25) is 0 Å². The molecule has 0 saturated heterocycles. The zero-order valence-corrected chi connectivity index (χ0v) is 20.8. The van der Waals surface area contributed by atoms with E-state index in [0.29, 0.717) is 55.2 Å². The molecule has 0 aliphatic rings. The van der Waals surface area contributed by atoms with Crippen LogP contribution in [0.2, 0.25) is 0 Å². The van der Waals surface area contributed by atoms with Crippen molar-refractivity contribution in [1.29, 1.82) is 0 Å². The van der Waals surface area contributed by atoms with E-state index in [0.717, 1.165) is 0 Å². The summed E-state index contributed by atoms with van der Waals surface area (Å²) in [5.41, 5.74) is -0.0993. The molecule has 0 unspecified atom stereocenters. The van der Waals surface area contributed by atoms with Crippen LogP contribution in [-0.4, -0.2) is 48.4 Å². The van der Waals surface area contributed by atoms with Crippen LogP contribution < -0.4 is 0 Å². The molecule has 0 aliphatic heterocycles. The Hall–Kier alpha value is -1.53. The Labute approximate surface area is 198 Å². The summed E-state index contributed by atoms with van der Waals surface area (Å²) in [4.78, 5) is 34.3. The van der Waals surface area contributed by atoms with Crippen molar-refractivity contribution in [2.45, 2.75) is 64.9 Å². The molecule has 0 amide bonds. The quantitative estimate of drug-likeness (QED) is 0.159. The summed E-state index contributed by atoms with van der Waals surface area (Å²) in [7, 11) is 0. The Morgan fingerprint density at radius 2 is 0.900 bits per heavy atom. The third-order valence-corrected chi connectivity index (χ3v) is 4.10. The Morgan fingerprint density at radius 1 is 0.667 bits per heavy atom. The van der Waals surface area contributed by atoms with Gasteiger partial charge in [0.05, 0.1) is 25.4 Å². The molecule has 0 atom stereocenters. The maximum absolute atomic E-state index is 11.4. The number of hydrogen-bond donors (Lipinski definition) is 1. The number of aliphatic hydroxyl groups is 1. The molecule has 0 radical (unpaired) electrons. The van der Waals surface area contributed by atoms with Crippen molar-refractivity contribution in [2.24, 2.45) is 0 Å². The van der Waals surface area contributed by atoms with Gasteiger partial charge < -0.3 is 19.3 Å². The standard InChI is InChI=1S/C22H34O7.Zr/c1-16(2)19(23)27-13-7-10-22(26,11-8-14-28-20(24)17(3)4)12-9-15-29-21(25)18(5)6;/h26H,1,3,5,7-15H2,2,4,6H3;. The van der Waals surface area contributed by atoms with E-state index in [4.69, 9.17) is 14.2 Å². The number of rotatable bonds is 15. The Kier molecular flexibility index (Phi) is 16.6. The fraction of sp³-hybridized carbons (Fsp3) is 0.591. The third kappa shape index (κ3) is 14.5. The average Bonchev–Trinajstić information content (AvgIpc) is 2.65. The van der Waals surface area contributed by atoms with Crippen LogP contribution in [0.4, 0.5) is 0 Å². The fourth-order valence-corrected chi connectivity index (χ4v) is 2.44. The monoisotopic (exact) mass is 500 g/mol. The molecule has 7 nitrogen and oxygen atoms in total. The molecule has 0 spiro atoms. The second-order valence-electron chi connectivity index (χ2n) is 7.28. The Bertz CT molecular complexity index is 541. The molecule has 0 rings (SSSR count). The first-order valence-electron chi connectivity index (χ1n) is 9.69. The topological polar surface area (TPSA) is 99.1 Å². The van der Waals surface area contributed by atoms with Gasteiger partial charge in [-0.05, 0) is 59.3 Å². The maximum atomic E-state index is 11.4. The van der Waals surface area contributed by atoms with Gasteiger partial charge in [0.25, 0.3) is 0 Å². The van der Waals surface area contributed by atoms with Gasteiger partial charge in [0.1, 0.15) is 0 Å². The largest absolute Gasteiger partial charge is 0.462 e. The molecule has 0 fully saturated rings. The zero-order valence-electron chi connectivity index (χ0n) is 18.4. The first-order chi connectivity index (χ1) is 13.5. The van der Waals surface area contributed by atoms with Gasteiger partial charge in [0.2, 0.25) is 0 Å². The smallest absolute Gasteiger partial charge is 0.333 e. The van der Waals surface area contributed by atoms with Gasteiger partial charge in [-0.15, -0.1) is 0 Å². The Balaban J connectivity index is 0. The summed E-state index contributed by atoms with van der Waals surface area (Å²) < 4.78 is 15.2. The van der Waals surface area contributed by atoms with Crippen LogP contribution in [0.3, 0.4) is 0 Å². The van der Waals surface area contributed by atoms with Crippen molar-refractivity contribution >= 4 is 17.9 Å². The molecular formula is C22H34O7Zr. The predicted molar refractivity (Wildman–Crippen MR) is 110 cm³/mol. The summed E-state index contributed by atoms with van der Waals surface area (Å²) in [5, 5.41) is 11.0. The molecule has 0 heterocycles. The number of esters is 3. The van der Waals surface area contributed by atoms with Crippen molar-refractivity contribution < 1.29 is 59.9 Å². The van der Waals surface area contributed by atoms with Gasteiger partial charge in [-0.1, -0.05) is 19.7 Å². The van der Waals surface area contributed by atoms with E-state index < -0.39 is 23.5 Å². The van der Waals surface area contributed by atoms with E-state index in [9.17, 15) is 19.5 Å². The van der Waals surface area contributed by atoms with E-state index in [1.165, 1.54) is 0 Å². The molecule has 0 aromatic carbocycles. The number of hydrogen-bond acceptors (Lipinski definition) is 7. The third-order valence-electron chi connectivity index (χ3n) is 4.10. The van der Waals surface area contributed by atoms with E-state index in [2.05, 4.69) is 19.7 Å².